The van der Waals surface area contributed by atoms with Crippen molar-refractivity contribution in [3.63, 3.8) is 0 Å². The number of nitrogens with zero attached hydrogens (tertiary/aromatic N) is 3. The molecule has 4 nitrogen and oxygen atoms in total. The van der Waals surface area contributed by atoms with E-state index in [0.717, 1.165) is 17.0 Å². The van der Waals surface area contributed by atoms with Gasteiger partial charge < -0.3 is 10.3 Å². The summed E-state index contributed by atoms with van der Waals surface area (Å²) in [7, 11) is 0. The van der Waals surface area contributed by atoms with Crippen molar-refractivity contribution in [2.24, 2.45) is 5.73 Å². The van der Waals surface area contributed by atoms with E-state index < -0.39 is 5.54 Å². The lowest BCUT2D eigenvalue weighted by Crippen LogP contribution is -2.32. The zero-order valence-corrected chi connectivity index (χ0v) is 9.64. The number of rotatable bonds is 2. The van der Waals surface area contributed by atoms with E-state index in [2.05, 4.69) is 14.5 Å². The van der Waals surface area contributed by atoms with Crippen molar-refractivity contribution in [3.8, 4) is 0 Å². The van der Waals surface area contributed by atoms with Crippen LogP contribution >= 0.6 is 0 Å². The van der Waals surface area contributed by atoms with Gasteiger partial charge in [-0.3, -0.25) is 0 Å². The maximum Gasteiger partial charge on any atom is 0.160 e. The summed E-state index contributed by atoms with van der Waals surface area (Å²) in [5.74, 6) is 0.948. The number of pyridine rings is 1. The molecule has 1 aliphatic carbocycles. The third-order valence-electron chi connectivity index (χ3n) is 2.94. The third-order valence-corrected chi connectivity index (χ3v) is 2.94. The van der Waals surface area contributed by atoms with Crippen LogP contribution in [0.2, 0.25) is 0 Å². The van der Waals surface area contributed by atoms with Crippen LogP contribution in [0.1, 0.15) is 38.6 Å². The summed E-state index contributed by atoms with van der Waals surface area (Å²) >= 11 is 0. The number of fused-ring (bicyclic) bond motifs is 1. The largest absolute Gasteiger partial charge is 0.319 e. The highest BCUT2D eigenvalue weighted by Crippen LogP contribution is 2.39. The Morgan fingerprint density at radius 1 is 1.44 bits per heavy atom. The molecular weight excluding hydrogens is 200 g/mol. The van der Waals surface area contributed by atoms with Gasteiger partial charge in [0.25, 0.3) is 0 Å². The topological polar surface area (TPSA) is 56.7 Å². The van der Waals surface area contributed by atoms with Gasteiger partial charge >= 0.3 is 0 Å². The molecule has 1 fully saturated rings. The van der Waals surface area contributed by atoms with Crippen molar-refractivity contribution in [3.05, 3.63) is 24.2 Å². The van der Waals surface area contributed by atoms with Crippen LogP contribution in [0.5, 0.6) is 0 Å². The molecule has 0 amide bonds. The van der Waals surface area contributed by atoms with Gasteiger partial charge in [0.1, 0.15) is 11.3 Å². The Morgan fingerprint density at radius 2 is 2.19 bits per heavy atom. The molecule has 1 aliphatic rings. The van der Waals surface area contributed by atoms with Crippen LogP contribution in [0, 0.1) is 0 Å². The third kappa shape index (κ3) is 1.41. The summed E-state index contributed by atoms with van der Waals surface area (Å²) in [5, 5.41) is 0. The highest BCUT2D eigenvalue weighted by atomic mass is 15.2. The molecule has 0 aromatic carbocycles. The van der Waals surface area contributed by atoms with Gasteiger partial charge in [0, 0.05) is 12.2 Å². The number of aromatic nitrogens is 3. The minimum absolute atomic E-state index is 0.413. The molecule has 2 heterocycles. The molecule has 0 atom stereocenters. The summed E-state index contributed by atoms with van der Waals surface area (Å²) in [6.07, 6.45) is 4.24. The lowest BCUT2D eigenvalue weighted by molar-refractivity contribution is 0.481. The molecule has 0 saturated heterocycles. The molecule has 84 valence electrons. The molecule has 3 rings (SSSR count). The average Bonchev–Trinajstić information content (AvgIpc) is 2.96. The summed E-state index contributed by atoms with van der Waals surface area (Å²) in [6, 6.07) is 4.47. The zero-order valence-electron chi connectivity index (χ0n) is 9.64. The number of nitrogens with two attached hydrogens (primary N) is 1. The molecule has 0 unspecified atom stereocenters. The van der Waals surface area contributed by atoms with Gasteiger partial charge in [-0.15, -0.1) is 0 Å². The Hall–Kier alpha value is -1.42. The Morgan fingerprint density at radius 3 is 2.81 bits per heavy atom. The SMILES string of the molecule is CC(C)(N)c1nc2cccnc2n1C1CC1. The Bertz CT molecular complexity index is 531. The Labute approximate surface area is 94.5 Å². The van der Waals surface area contributed by atoms with Crippen molar-refractivity contribution >= 4 is 11.2 Å². The average molecular weight is 216 g/mol. The maximum absolute atomic E-state index is 6.18. The van der Waals surface area contributed by atoms with Gasteiger partial charge in [-0.1, -0.05) is 0 Å². The normalized spacial score (nSPS) is 16.9. The van der Waals surface area contributed by atoms with Gasteiger partial charge in [0.15, 0.2) is 5.65 Å². The van der Waals surface area contributed by atoms with Crippen LogP contribution in [0.4, 0.5) is 0 Å². The molecule has 0 bridgehead atoms. The lowest BCUT2D eigenvalue weighted by Gasteiger charge is -2.19. The first-order valence-electron chi connectivity index (χ1n) is 5.69. The smallest absolute Gasteiger partial charge is 0.160 e. The number of imidazole rings is 1. The highest BCUT2D eigenvalue weighted by Gasteiger charge is 2.33. The second-order valence-electron chi connectivity index (χ2n) is 5.10. The van der Waals surface area contributed by atoms with E-state index in [-0.39, 0.29) is 0 Å². The number of hydrogen-bond donors (Lipinski definition) is 1. The first-order valence-corrected chi connectivity index (χ1v) is 5.69. The molecule has 2 N–H and O–H groups in total. The minimum Gasteiger partial charge on any atom is -0.319 e. The molecule has 1 saturated carbocycles. The van der Waals surface area contributed by atoms with E-state index >= 15 is 0 Å². The van der Waals surface area contributed by atoms with E-state index in [1.165, 1.54) is 12.8 Å². The van der Waals surface area contributed by atoms with Gasteiger partial charge in [0.05, 0.1) is 5.54 Å². The summed E-state index contributed by atoms with van der Waals surface area (Å²) < 4.78 is 2.22. The fourth-order valence-electron chi connectivity index (χ4n) is 2.06. The van der Waals surface area contributed by atoms with Crippen LogP contribution in [0.25, 0.3) is 11.2 Å². The van der Waals surface area contributed by atoms with Crippen LogP contribution in [0.15, 0.2) is 18.3 Å². The molecule has 0 spiro atoms. The minimum atomic E-state index is -0.413. The molecule has 4 heteroatoms. The second kappa shape index (κ2) is 3.04. The van der Waals surface area contributed by atoms with Crippen LogP contribution in [-0.2, 0) is 5.54 Å². The fraction of sp³-hybridized carbons (Fsp3) is 0.500. The quantitative estimate of drug-likeness (QED) is 0.834. The Balaban J connectivity index is 2.30. The van der Waals surface area contributed by atoms with E-state index in [1.54, 1.807) is 0 Å². The monoisotopic (exact) mass is 216 g/mol. The van der Waals surface area contributed by atoms with Crippen LogP contribution in [0.3, 0.4) is 0 Å². The Kier molecular flexibility index (Phi) is 1.86. The van der Waals surface area contributed by atoms with Crippen LogP contribution < -0.4 is 5.73 Å². The highest BCUT2D eigenvalue weighted by molar-refractivity contribution is 5.71. The van der Waals surface area contributed by atoms with Crippen molar-refractivity contribution in [1.29, 1.82) is 0 Å². The van der Waals surface area contributed by atoms with Crippen molar-refractivity contribution < 1.29 is 0 Å². The molecule has 0 radical (unpaired) electrons. The number of hydrogen-bond acceptors (Lipinski definition) is 3. The predicted molar refractivity (Wildman–Crippen MR) is 63.0 cm³/mol. The fourth-order valence-corrected chi connectivity index (χ4v) is 2.06. The van der Waals surface area contributed by atoms with Gasteiger partial charge in [0.2, 0.25) is 0 Å². The van der Waals surface area contributed by atoms with Gasteiger partial charge in [-0.2, -0.15) is 0 Å². The lowest BCUT2D eigenvalue weighted by atomic mass is 10.1. The summed E-state index contributed by atoms with van der Waals surface area (Å²) in [4.78, 5) is 9.04. The van der Waals surface area contributed by atoms with Crippen LogP contribution in [-0.4, -0.2) is 14.5 Å². The first-order chi connectivity index (χ1) is 7.57. The van der Waals surface area contributed by atoms with Crippen molar-refractivity contribution in [1.82, 2.24) is 14.5 Å². The molecule has 2 aromatic rings. The van der Waals surface area contributed by atoms with E-state index in [9.17, 15) is 0 Å². The predicted octanol–water partition coefficient (Wildman–Crippen LogP) is 1.96. The second-order valence-corrected chi connectivity index (χ2v) is 5.10. The molecular formula is C12H16N4. The summed E-state index contributed by atoms with van der Waals surface area (Å²) in [6.45, 7) is 3.99. The van der Waals surface area contributed by atoms with E-state index in [0.29, 0.717) is 6.04 Å². The maximum atomic E-state index is 6.18. The molecule has 0 aliphatic heterocycles. The van der Waals surface area contributed by atoms with Crippen molar-refractivity contribution in [2.45, 2.75) is 38.3 Å². The van der Waals surface area contributed by atoms with Crippen molar-refractivity contribution in [2.75, 3.05) is 0 Å². The first kappa shape index (κ1) is 9.78. The van der Waals surface area contributed by atoms with Gasteiger partial charge in [-0.25, -0.2) is 9.97 Å². The van der Waals surface area contributed by atoms with Gasteiger partial charge in [-0.05, 0) is 38.8 Å². The van der Waals surface area contributed by atoms with E-state index in [4.69, 9.17) is 5.73 Å². The molecule has 16 heavy (non-hydrogen) atoms. The molecule has 2 aromatic heterocycles. The summed E-state index contributed by atoms with van der Waals surface area (Å²) in [5.41, 5.74) is 7.68. The standard InChI is InChI=1S/C12H16N4/c1-12(2,13)11-15-9-4-3-7-14-10(9)16(11)8-5-6-8/h3-4,7-8H,5-6,13H2,1-2H3. The van der Waals surface area contributed by atoms with E-state index in [1.807, 2.05) is 32.2 Å². The zero-order chi connectivity index (χ0) is 11.3.